The molecule has 1 unspecified atom stereocenters. The van der Waals surface area contributed by atoms with Gasteiger partial charge in [-0.25, -0.2) is 0 Å². The lowest BCUT2D eigenvalue weighted by atomic mass is 10.1. The van der Waals surface area contributed by atoms with E-state index in [1.54, 1.807) is 0 Å². The third-order valence-corrected chi connectivity index (χ3v) is 5.75. The van der Waals surface area contributed by atoms with Crippen molar-refractivity contribution in [3.8, 4) is 0 Å². The molecule has 0 N–H and O–H groups in total. The summed E-state index contributed by atoms with van der Waals surface area (Å²) in [6.07, 6.45) is 6.54. The van der Waals surface area contributed by atoms with Crippen LogP contribution in [-0.4, -0.2) is 85.5 Å². The van der Waals surface area contributed by atoms with Crippen molar-refractivity contribution in [2.24, 2.45) is 5.92 Å². The van der Waals surface area contributed by atoms with Crippen molar-refractivity contribution in [1.29, 1.82) is 0 Å². The Hall–Kier alpha value is -1.14. The van der Waals surface area contributed by atoms with Crippen molar-refractivity contribution < 1.29 is 14.3 Å². The van der Waals surface area contributed by atoms with Crippen LogP contribution >= 0.6 is 0 Å². The second-order valence-corrected chi connectivity index (χ2v) is 7.71. The molecule has 3 aliphatic heterocycles. The first-order valence-electron chi connectivity index (χ1n) is 10.1. The number of likely N-dealkylation sites (tertiary alicyclic amines) is 1. The molecular weight excluding hydrogens is 318 g/mol. The zero-order valence-electron chi connectivity index (χ0n) is 15.5. The van der Waals surface area contributed by atoms with Gasteiger partial charge in [0.1, 0.15) is 0 Å². The minimum absolute atomic E-state index is 0.211. The van der Waals surface area contributed by atoms with Gasteiger partial charge in [0.15, 0.2) is 0 Å². The van der Waals surface area contributed by atoms with E-state index in [4.69, 9.17) is 4.74 Å². The number of amides is 2. The van der Waals surface area contributed by atoms with Crippen LogP contribution in [0, 0.1) is 5.92 Å². The molecular formula is C19H33N3O3. The summed E-state index contributed by atoms with van der Waals surface area (Å²) in [5.41, 5.74) is 0. The second kappa shape index (κ2) is 9.53. The highest BCUT2D eigenvalue weighted by Crippen LogP contribution is 2.16. The third kappa shape index (κ3) is 5.68. The van der Waals surface area contributed by atoms with E-state index in [0.717, 1.165) is 78.2 Å². The molecule has 142 valence electrons. The normalized spacial score (nSPS) is 26.6. The van der Waals surface area contributed by atoms with E-state index in [1.807, 2.05) is 9.80 Å². The Bertz CT molecular complexity index is 451. The summed E-state index contributed by atoms with van der Waals surface area (Å²) in [6, 6.07) is 0. The highest BCUT2D eigenvalue weighted by molar-refractivity contribution is 5.79. The molecule has 2 amide bonds. The van der Waals surface area contributed by atoms with Crippen LogP contribution in [0.5, 0.6) is 0 Å². The van der Waals surface area contributed by atoms with Gasteiger partial charge in [0, 0.05) is 58.7 Å². The molecule has 6 heteroatoms. The fourth-order valence-corrected chi connectivity index (χ4v) is 4.16. The molecule has 0 aromatic carbocycles. The summed E-state index contributed by atoms with van der Waals surface area (Å²) in [5.74, 6) is 1.10. The van der Waals surface area contributed by atoms with Crippen LogP contribution in [0.25, 0.3) is 0 Å². The Labute approximate surface area is 151 Å². The van der Waals surface area contributed by atoms with Crippen LogP contribution in [0.15, 0.2) is 0 Å². The molecule has 25 heavy (non-hydrogen) atoms. The molecule has 3 heterocycles. The van der Waals surface area contributed by atoms with Gasteiger partial charge in [-0.3, -0.25) is 9.59 Å². The van der Waals surface area contributed by atoms with E-state index in [0.29, 0.717) is 25.3 Å². The molecule has 0 spiro atoms. The Balaban J connectivity index is 1.40. The van der Waals surface area contributed by atoms with Crippen LogP contribution in [0.2, 0.25) is 0 Å². The van der Waals surface area contributed by atoms with E-state index < -0.39 is 0 Å². The fraction of sp³-hybridized carbons (Fsp3) is 0.895. The van der Waals surface area contributed by atoms with Crippen molar-refractivity contribution in [2.45, 2.75) is 44.9 Å². The maximum atomic E-state index is 12.6. The van der Waals surface area contributed by atoms with Gasteiger partial charge in [0.25, 0.3) is 0 Å². The molecule has 0 aliphatic carbocycles. The molecule has 3 rings (SSSR count). The second-order valence-electron chi connectivity index (χ2n) is 7.71. The summed E-state index contributed by atoms with van der Waals surface area (Å²) >= 11 is 0. The molecule has 6 nitrogen and oxygen atoms in total. The van der Waals surface area contributed by atoms with Crippen LogP contribution in [0.3, 0.4) is 0 Å². The standard InChI is InChI=1S/C19H33N3O3/c23-18-5-2-1-3-9-21(18)11-6-19(24)22-10-4-8-20(12-13-22)15-17-7-14-25-16-17/h17H,1-16H2. The van der Waals surface area contributed by atoms with Gasteiger partial charge < -0.3 is 19.4 Å². The smallest absolute Gasteiger partial charge is 0.224 e. The zero-order chi connectivity index (χ0) is 17.5. The number of rotatable bonds is 5. The summed E-state index contributed by atoms with van der Waals surface area (Å²) in [5, 5.41) is 0. The summed E-state index contributed by atoms with van der Waals surface area (Å²) in [7, 11) is 0. The van der Waals surface area contributed by atoms with Crippen molar-refractivity contribution in [2.75, 3.05) is 59.0 Å². The van der Waals surface area contributed by atoms with Crippen LogP contribution in [0.1, 0.15) is 44.9 Å². The quantitative estimate of drug-likeness (QED) is 0.750. The van der Waals surface area contributed by atoms with E-state index in [-0.39, 0.29) is 11.8 Å². The number of carbonyl (C=O) groups is 2. The molecule has 3 aliphatic rings. The molecule has 0 bridgehead atoms. The predicted octanol–water partition coefficient (Wildman–Crippen LogP) is 1.35. The summed E-state index contributed by atoms with van der Waals surface area (Å²) < 4.78 is 5.47. The van der Waals surface area contributed by atoms with Crippen LogP contribution in [-0.2, 0) is 14.3 Å². The first-order valence-corrected chi connectivity index (χ1v) is 10.1. The molecule has 3 fully saturated rings. The van der Waals surface area contributed by atoms with Gasteiger partial charge in [-0.15, -0.1) is 0 Å². The molecule has 0 aromatic heterocycles. The zero-order valence-corrected chi connectivity index (χ0v) is 15.5. The van der Waals surface area contributed by atoms with Crippen molar-refractivity contribution in [1.82, 2.24) is 14.7 Å². The average molecular weight is 351 g/mol. The van der Waals surface area contributed by atoms with Gasteiger partial charge in [0.05, 0.1) is 6.61 Å². The molecule has 3 saturated heterocycles. The lowest BCUT2D eigenvalue weighted by Crippen LogP contribution is -2.39. The van der Waals surface area contributed by atoms with E-state index in [9.17, 15) is 9.59 Å². The van der Waals surface area contributed by atoms with E-state index >= 15 is 0 Å². The summed E-state index contributed by atoms with van der Waals surface area (Å²) in [4.78, 5) is 31.0. The Kier molecular flexibility index (Phi) is 7.11. The van der Waals surface area contributed by atoms with Crippen molar-refractivity contribution >= 4 is 11.8 Å². The molecule has 0 aromatic rings. The van der Waals surface area contributed by atoms with Crippen LogP contribution in [0.4, 0.5) is 0 Å². The lowest BCUT2D eigenvalue weighted by Gasteiger charge is -2.25. The SMILES string of the molecule is O=C1CCCCCN1CCC(=O)N1CCCN(CC2CCOC2)CC1. The summed E-state index contributed by atoms with van der Waals surface area (Å²) in [6.45, 7) is 8.02. The monoisotopic (exact) mass is 351 g/mol. The predicted molar refractivity (Wildman–Crippen MR) is 96.2 cm³/mol. The Morgan fingerprint density at radius 1 is 1.04 bits per heavy atom. The number of hydrogen-bond donors (Lipinski definition) is 0. The highest BCUT2D eigenvalue weighted by Gasteiger charge is 2.24. The first kappa shape index (κ1) is 18.6. The van der Waals surface area contributed by atoms with E-state index in [2.05, 4.69) is 4.90 Å². The fourth-order valence-electron chi connectivity index (χ4n) is 4.16. The lowest BCUT2D eigenvalue weighted by molar-refractivity contribution is -0.134. The molecule has 0 radical (unpaired) electrons. The van der Waals surface area contributed by atoms with E-state index in [1.165, 1.54) is 6.42 Å². The van der Waals surface area contributed by atoms with Crippen LogP contribution < -0.4 is 0 Å². The minimum atomic E-state index is 0.211. The van der Waals surface area contributed by atoms with Crippen molar-refractivity contribution in [3.05, 3.63) is 0 Å². The third-order valence-electron chi connectivity index (χ3n) is 5.75. The number of ether oxygens (including phenoxy) is 1. The maximum absolute atomic E-state index is 12.6. The van der Waals surface area contributed by atoms with Gasteiger partial charge in [-0.2, -0.15) is 0 Å². The van der Waals surface area contributed by atoms with Gasteiger partial charge >= 0.3 is 0 Å². The van der Waals surface area contributed by atoms with Crippen molar-refractivity contribution in [3.63, 3.8) is 0 Å². The van der Waals surface area contributed by atoms with Gasteiger partial charge in [-0.1, -0.05) is 6.42 Å². The van der Waals surface area contributed by atoms with Gasteiger partial charge in [-0.05, 0) is 38.1 Å². The number of nitrogens with zero attached hydrogens (tertiary/aromatic N) is 3. The highest BCUT2D eigenvalue weighted by atomic mass is 16.5. The largest absolute Gasteiger partial charge is 0.381 e. The molecule has 1 atom stereocenters. The van der Waals surface area contributed by atoms with Gasteiger partial charge in [0.2, 0.25) is 11.8 Å². The topological polar surface area (TPSA) is 53.1 Å². The molecule has 0 saturated carbocycles. The Morgan fingerprint density at radius 3 is 2.80 bits per heavy atom. The average Bonchev–Trinajstić information content (AvgIpc) is 2.89. The first-order chi connectivity index (χ1) is 12.2. The Morgan fingerprint density at radius 2 is 1.96 bits per heavy atom. The maximum Gasteiger partial charge on any atom is 0.224 e. The minimum Gasteiger partial charge on any atom is -0.381 e. The number of carbonyl (C=O) groups excluding carboxylic acids is 2. The number of hydrogen-bond acceptors (Lipinski definition) is 4.